The molecule has 8 aliphatic rings. The number of rotatable bonds is 24. The molecule has 39 heteroatoms. The second-order valence-corrected chi connectivity index (χ2v) is 36.9. The molecule has 0 saturated carbocycles. The van der Waals surface area contributed by atoms with Gasteiger partial charge in [-0.05, 0) is 159 Å². The highest BCUT2D eigenvalue weighted by Gasteiger charge is 2.46. The average molecular weight is 1910 g/mol. The normalized spacial score (nSPS) is 17.2. The first-order valence-corrected chi connectivity index (χ1v) is 48.1. The Morgan fingerprint density at radius 1 is 0.319 bits per heavy atom. The zero-order valence-corrected chi connectivity index (χ0v) is 82.2. The minimum atomic E-state index is -2.66. The first-order valence-electron chi connectivity index (χ1n) is 48.1. The van der Waals surface area contributed by atoms with Crippen LogP contribution in [0.5, 0.6) is 23.0 Å². The quantitative estimate of drug-likeness (QED) is 0.0542. The van der Waals surface area contributed by atoms with Crippen LogP contribution in [-0.2, 0) is 18.9 Å². The van der Waals surface area contributed by atoms with E-state index in [1.165, 1.54) is 33.6 Å². The van der Waals surface area contributed by atoms with E-state index in [2.05, 4.69) is 202 Å². The van der Waals surface area contributed by atoms with Crippen LogP contribution in [0.25, 0.3) is 69.1 Å². The number of pyridine rings is 3. The van der Waals surface area contributed by atoms with Crippen molar-refractivity contribution < 1.29 is 73.5 Å². The van der Waals surface area contributed by atoms with Gasteiger partial charge in [-0.25, -0.2) is 8.78 Å². The van der Waals surface area contributed by atoms with Gasteiger partial charge in [-0.1, -0.05) is 129 Å². The monoisotopic (exact) mass is 1900 g/mol. The first kappa shape index (κ1) is 100. The molecule has 0 spiro atoms. The lowest BCUT2D eigenvalue weighted by molar-refractivity contribution is -0.0273. The SMILES string of the molecule is CC(C)c1ccc(-c2nnc(N3CCC(N4CCOCC4)CC3)o2)nc1.CC(C)c1ccc(-c2nnc(N3CCOCC3)o2)nc1.COc1cc(-c2nc(N3CC(F)(F)C3)no2)ccc1C(C)C.COc1cc(-c2nc(N3CCC(N4CCOCC4)CC3)no2)ccc1C(C)C.COc1cc(-c2nc(N3CCC3)no2)ccc1C(C)C.COc1cc(-c2nnc(N3CCOCC3)o2)ncc1C(C)C. The maximum atomic E-state index is 12.9. The maximum absolute atomic E-state index is 12.9. The molecule has 9 aromatic heterocycles. The molecule has 740 valence electrons. The van der Waals surface area contributed by atoms with Crippen LogP contribution in [0.1, 0.15) is 184 Å². The van der Waals surface area contributed by atoms with Gasteiger partial charge in [-0.15, -0.1) is 15.3 Å². The molecule has 0 bridgehead atoms. The molecule has 0 unspecified atom stereocenters. The van der Waals surface area contributed by atoms with E-state index >= 15 is 0 Å². The molecule has 20 rings (SSSR count). The van der Waals surface area contributed by atoms with Crippen molar-refractivity contribution in [2.75, 3.05) is 215 Å². The molecule has 0 radical (unpaired) electrons. The van der Waals surface area contributed by atoms with Crippen LogP contribution in [0.15, 0.2) is 130 Å². The first-order chi connectivity index (χ1) is 66.9. The van der Waals surface area contributed by atoms with Crippen LogP contribution in [0.2, 0.25) is 0 Å². The summed E-state index contributed by atoms with van der Waals surface area (Å²) in [6.07, 6.45) is 11.2. The molecule has 138 heavy (non-hydrogen) atoms. The van der Waals surface area contributed by atoms with E-state index < -0.39 is 5.92 Å². The van der Waals surface area contributed by atoms with Crippen LogP contribution >= 0.6 is 0 Å². The summed E-state index contributed by atoms with van der Waals surface area (Å²) in [6, 6.07) is 30.5. The van der Waals surface area contributed by atoms with Gasteiger partial charge in [0.2, 0.25) is 0 Å². The Kier molecular flexibility index (Phi) is 34.3. The minimum Gasteiger partial charge on any atom is -0.496 e. The summed E-state index contributed by atoms with van der Waals surface area (Å²) in [6.45, 7) is 44.0. The number of hydrogen-bond acceptors (Lipinski definition) is 37. The van der Waals surface area contributed by atoms with Gasteiger partial charge in [0, 0.05) is 151 Å². The molecular formula is C99H131F2N23O14. The minimum absolute atomic E-state index is 0.188. The third-order valence-electron chi connectivity index (χ3n) is 25.5. The van der Waals surface area contributed by atoms with Gasteiger partial charge >= 0.3 is 18.0 Å². The summed E-state index contributed by atoms with van der Waals surface area (Å²) in [5.41, 5.74) is 11.4. The van der Waals surface area contributed by atoms with Crippen molar-refractivity contribution in [1.29, 1.82) is 0 Å². The molecule has 0 N–H and O–H groups in total. The molecule has 8 aliphatic heterocycles. The highest BCUT2D eigenvalue weighted by Crippen LogP contribution is 2.39. The van der Waals surface area contributed by atoms with Gasteiger partial charge in [-0.3, -0.25) is 24.8 Å². The lowest BCUT2D eigenvalue weighted by Crippen LogP contribution is -2.56. The standard InChI is InChI=1S/C21H30N4O3.C19H27N5O2.C15H17F2N3O2.C15H20N4O3.C15H19N3O2.C14H18N4O2/c1-15(2)18-5-4-16(14-19(18)26-3)20-22-21(23-28-20)25-8-6-17(7-9-25)24-10-12-27-13-11-24;1-14(2)15-3-4-17(20-13-15)18-21-22-19(26-18)24-7-5-16(6-8-24)23-9-11-25-12-10-23;1-9(2)11-5-4-10(6-12(11)21-3)13-18-14(19-22-13)20-7-15(16,17)8-20;1-10(2)11-9-16-12(8-13(11)20-3)14-17-18-15(22-14)19-4-6-21-7-5-19;1-10(2)12-6-5-11(9-13(12)19-3)14-16-15(17-20-14)18-7-4-8-18;1-10(2)11-3-4-12(15-9-11)13-16-17-14(20-13)18-5-7-19-8-6-18/h4-5,14-15,17H,6-13H2,1-3H3;3-4,13-14,16H,5-12H2,1-2H3;4-6,9H,7-8H2,1-3H3;8-10H,4-7H2,1-3H3;5-6,9-10H,4,7-8H2,1-3H3;3-4,9-10H,5-8H2,1-2H3. The van der Waals surface area contributed by atoms with Crippen molar-refractivity contribution in [1.82, 2.24) is 85.8 Å². The third kappa shape index (κ3) is 25.5. The largest absolute Gasteiger partial charge is 0.496 e. The lowest BCUT2D eigenvalue weighted by atomic mass is 10.0. The number of alkyl halides is 2. The fourth-order valence-corrected chi connectivity index (χ4v) is 17.0. The summed E-state index contributed by atoms with van der Waals surface area (Å²) in [7, 11) is 6.64. The zero-order chi connectivity index (χ0) is 96.9. The molecule has 0 aliphatic carbocycles. The number of anilines is 6. The summed E-state index contributed by atoms with van der Waals surface area (Å²) in [5.74, 6) is 7.25. The highest BCUT2D eigenvalue weighted by atomic mass is 19.3. The second kappa shape index (κ2) is 47.3. The van der Waals surface area contributed by atoms with Crippen molar-refractivity contribution in [2.45, 2.75) is 169 Å². The zero-order valence-electron chi connectivity index (χ0n) is 82.2. The second-order valence-electron chi connectivity index (χ2n) is 36.9. The Bertz CT molecular complexity index is 5760. The molecule has 8 fully saturated rings. The fourth-order valence-electron chi connectivity index (χ4n) is 17.0. The van der Waals surface area contributed by atoms with E-state index in [0.717, 1.165) is 195 Å². The van der Waals surface area contributed by atoms with E-state index in [1.807, 2.05) is 88.9 Å². The average Bonchev–Trinajstić information content (AvgIpc) is 1.68. The smallest absolute Gasteiger partial charge is 0.318 e. The molecule has 8 saturated heterocycles. The van der Waals surface area contributed by atoms with Gasteiger partial charge in [0.05, 0.1) is 94.4 Å². The van der Waals surface area contributed by atoms with Gasteiger partial charge in [0.1, 0.15) is 40.1 Å². The van der Waals surface area contributed by atoms with E-state index in [4.69, 9.17) is 64.7 Å². The van der Waals surface area contributed by atoms with Crippen molar-refractivity contribution in [3.8, 4) is 92.1 Å². The van der Waals surface area contributed by atoms with Crippen LogP contribution in [0.4, 0.5) is 44.7 Å². The Balaban J connectivity index is 0.000000126. The Labute approximate surface area is 804 Å². The number of methoxy groups -OCH3 is 4. The number of halogens is 2. The summed E-state index contributed by atoms with van der Waals surface area (Å²) >= 11 is 0. The number of aromatic nitrogens is 15. The number of ether oxygens (including phenoxy) is 8. The van der Waals surface area contributed by atoms with Crippen molar-refractivity contribution in [3.05, 3.63) is 137 Å². The summed E-state index contributed by atoms with van der Waals surface area (Å²) in [4.78, 5) is 43.6. The van der Waals surface area contributed by atoms with E-state index in [9.17, 15) is 8.78 Å². The number of benzene rings is 3. The van der Waals surface area contributed by atoms with Gasteiger partial charge in [-0.2, -0.15) is 15.0 Å². The Morgan fingerprint density at radius 3 is 0.957 bits per heavy atom. The Hall–Kier alpha value is -12.4. The van der Waals surface area contributed by atoms with Crippen LogP contribution in [0.3, 0.4) is 0 Å². The van der Waals surface area contributed by atoms with Crippen LogP contribution in [0, 0.1) is 0 Å². The van der Waals surface area contributed by atoms with E-state index in [1.54, 1.807) is 34.6 Å². The van der Waals surface area contributed by atoms with Crippen LogP contribution < -0.4 is 48.3 Å². The number of nitrogens with zero attached hydrogens (tertiary/aromatic N) is 23. The van der Waals surface area contributed by atoms with Crippen molar-refractivity contribution >= 4 is 35.9 Å². The third-order valence-corrected chi connectivity index (χ3v) is 25.5. The van der Waals surface area contributed by atoms with Gasteiger partial charge in [0.15, 0.2) is 0 Å². The molecule has 17 heterocycles. The highest BCUT2D eigenvalue weighted by molar-refractivity contribution is 5.63. The van der Waals surface area contributed by atoms with E-state index in [0.29, 0.717) is 156 Å². The Morgan fingerprint density at radius 2 is 0.638 bits per heavy atom. The predicted octanol–water partition coefficient (Wildman–Crippen LogP) is 16.3. The number of morpholine rings is 4. The topological polar surface area (TPSA) is 372 Å². The molecule has 37 nitrogen and oxygen atoms in total. The molecule has 12 aromatic rings. The summed E-state index contributed by atoms with van der Waals surface area (Å²) < 4.78 is 103. The van der Waals surface area contributed by atoms with Gasteiger partial charge in [0.25, 0.3) is 59.1 Å². The number of piperidine rings is 2. The fraction of sp³-hybridized carbons (Fsp3) is 0.545. The predicted molar refractivity (Wildman–Crippen MR) is 518 cm³/mol. The van der Waals surface area contributed by atoms with Crippen molar-refractivity contribution in [3.63, 3.8) is 0 Å². The number of hydrogen-bond donors (Lipinski definition) is 0. The molecule has 0 amide bonds. The van der Waals surface area contributed by atoms with Crippen molar-refractivity contribution in [2.24, 2.45) is 0 Å². The lowest BCUT2D eigenvalue weighted by Gasteiger charge is -2.39. The van der Waals surface area contributed by atoms with E-state index in [-0.39, 0.29) is 19.0 Å². The maximum Gasteiger partial charge on any atom is 0.318 e. The van der Waals surface area contributed by atoms with Gasteiger partial charge < -0.3 is 94.1 Å². The molecular weight excluding hydrogens is 1770 g/mol. The molecule has 0 atom stereocenters. The summed E-state index contributed by atoms with van der Waals surface area (Å²) in [5, 5.41) is 36.8. The van der Waals surface area contributed by atoms with Crippen LogP contribution in [-0.4, -0.2) is 290 Å². The molecule has 3 aromatic carbocycles.